The highest BCUT2D eigenvalue weighted by Gasteiger charge is 2.28. The van der Waals surface area contributed by atoms with Gasteiger partial charge in [-0.3, -0.25) is 14.7 Å². The van der Waals surface area contributed by atoms with Crippen molar-refractivity contribution in [2.45, 2.75) is 6.04 Å². The van der Waals surface area contributed by atoms with Gasteiger partial charge in [0.15, 0.2) is 0 Å². The molecule has 0 aliphatic carbocycles. The molecule has 1 aliphatic heterocycles. The lowest BCUT2D eigenvalue weighted by atomic mass is 10.1. The van der Waals surface area contributed by atoms with E-state index < -0.39 is 6.04 Å². The lowest BCUT2D eigenvalue weighted by Gasteiger charge is -2.33. The number of phenols is 1. The summed E-state index contributed by atoms with van der Waals surface area (Å²) in [6.45, 7) is 2.48. The molecule has 9 heteroatoms. The first-order valence-corrected chi connectivity index (χ1v) is 9.87. The van der Waals surface area contributed by atoms with Crippen molar-refractivity contribution in [1.29, 1.82) is 0 Å². The Labute approximate surface area is 173 Å². The van der Waals surface area contributed by atoms with E-state index in [1.54, 1.807) is 24.5 Å². The minimum Gasteiger partial charge on any atom is -0.506 e. The molecule has 1 atom stereocenters. The van der Waals surface area contributed by atoms with Gasteiger partial charge in [0.2, 0.25) is 0 Å². The van der Waals surface area contributed by atoms with E-state index >= 15 is 0 Å². The first kappa shape index (κ1) is 19.9. The van der Waals surface area contributed by atoms with Gasteiger partial charge in [-0.05, 0) is 45.8 Å². The summed E-state index contributed by atoms with van der Waals surface area (Å²) in [5, 5.41) is 14.1. The smallest absolute Gasteiger partial charge is 0.262 e. The fraction of sp³-hybridized carbons (Fsp3) is 0.278. The van der Waals surface area contributed by atoms with E-state index in [2.05, 4.69) is 52.3 Å². The number of morpholine rings is 1. The SMILES string of the molecule is O=C(N/N=C\c1cc(Br)cc(Br)c1O)[C@H](c1ccncc1)N1CCOCC1. The van der Waals surface area contributed by atoms with Gasteiger partial charge >= 0.3 is 0 Å². The molecule has 142 valence electrons. The third-order valence-corrected chi connectivity index (χ3v) is 5.18. The number of nitrogens with one attached hydrogen (secondary N) is 1. The van der Waals surface area contributed by atoms with Crippen molar-refractivity contribution < 1.29 is 14.6 Å². The highest BCUT2D eigenvalue weighted by molar-refractivity contribution is 9.11. The Morgan fingerprint density at radius 3 is 2.70 bits per heavy atom. The van der Waals surface area contributed by atoms with Crippen molar-refractivity contribution in [3.05, 3.63) is 56.7 Å². The molecular weight excluding hydrogens is 480 g/mol. The minimum absolute atomic E-state index is 0.0510. The topological polar surface area (TPSA) is 87.0 Å². The largest absolute Gasteiger partial charge is 0.506 e. The highest BCUT2D eigenvalue weighted by Crippen LogP contribution is 2.30. The van der Waals surface area contributed by atoms with Crippen LogP contribution in [0.15, 0.2) is 50.7 Å². The van der Waals surface area contributed by atoms with Crippen molar-refractivity contribution >= 4 is 44.0 Å². The monoisotopic (exact) mass is 496 g/mol. The number of amides is 1. The maximum atomic E-state index is 12.8. The number of carbonyl (C=O) groups is 1. The van der Waals surface area contributed by atoms with Crippen molar-refractivity contribution in [1.82, 2.24) is 15.3 Å². The third-order valence-electron chi connectivity index (χ3n) is 4.12. The van der Waals surface area contributed by atoms with Crippen LogP contribution < -0.4 is 5.43 Å². The number of halogens is 2. The van der Waals surface area contributed by atoms with Crippen LogP contribution in [0.2, 0.25) is 0 Å². The second kappa shape index (κ2) is 9.41. The summed E-state index contributed by atoms with van der Waals surface area (Å²) < 4.78 is 6.70. The quantitative estimate of drug-likeness (QED) is 0.490. The summed E-state index contributed by atoms with van der Waals surface area (Å²) >= 11 is 6.63. The Balaban J connectivity index is 1.77. The van der Waals surface area contributed by atoms with E-state index in [0.29, 0.717) is 36.3 Å². The van der Waals surface area contributed by atoms with E-state index in [1.165, 1.54) is 6.21 Å². The Hall–Kier alpha value is -1.81. The molecule has 2 aromatic rings. The maximum Gasteiger partial charge on any atom is 0.262 e. The average molecular weight is 498 g/mol. The van der Waals surface area contributed by atoms with Crippen LogP contribution in [-0.2, 0) is 9.53 Å². The summed E-state index contributed by atoms with van der Waals surface area (Å²) in [5.41, 5.74) is 3.89. The van der Waals surface area contributed by atoms with Crippen molar-refractivity contribution in [3.63, 3.8) is 0 Å². The van der Waals surface area contributed by atoms with Gasteiger partial charge < -0.3 is 9.84 Å². The maximum absolute atomic E-state index is 12.8. The molecule has 0 unspecified atom stereocenters. The zero-order valence-corrected chi connectivity index (χ0v) is 17.5. The third kappa shape index (κ3) is 5.13. The van der Waals surface area contributed by atoms with Crippen LogP contribution in [-0.4, -0.2) is 53.4 Å². The average Bonchev–Trinajstić information content (AvgIpc) is 2.67. The fourth-order valence-corrected chi connectivity index (χ4v) is 4.08. The van der Waals surface area contributed by atoms with Crippen LogP contribution in [0.25, 0.3) is 0 Å². The predicted octanol–water partition coefficient (Wildman–Crippen LogP) is 2.84. The van der Waals surface area contributed by atoms with Crippen molar-refractivity contribution in [3.8, 4) is 5.75 Å². The lowest BCUT2D eigenvalue weighted by Crippen LogP contribution is -2.44. The molecule has 1 saturated heterocycles. The van der Waals surface area contributed by atoms with Gasteiger partial charge in [0.1, 0.15) is 11.8 Å². The van der Waals surface area contributed by atoms with E-state index in [1.807, 2.05) is 12.1 Å². The lowest BCUT2D eigenvalue weighted by molar-refractivity contribution is -0.128. The molecule has 1 aromatic heterocycles. The first-order chi connectivity index (χ1) is 13.1. The number of pyridine rings is 1. The molecular formula is C18H18Br2N4O3. The Kier molecular flexibility index (Phi) is 6.95. The number of hydrazone groups is 1. The second-order valence-corrected chi connectivity index (χ2v) is 7.66. The van der Waals surface area contributed by atoms with E-state index in [9.17, 15) is 9.90 Å². The predicted molar refractivity (Wildman–Crippen MR) is 109 cm³/mol. The summed E-state index contributed by atoms with van der Waals surface area (Å²) in [6, 6.07) is 6.58. The summed E-state index contributed by atoms with van der Waals surface area (Å²) in [6.07, 6.45) is 4.73. The zero-order valence-electron chi connectivity index (χ0n) is 14.3. The molecule has 2 heterocycles. The van der Waals surface area contributed by atoms with Crippen molar-refractivity contribution in [2.75, 3.05) is 26.3 Å². The van der Waals surface area contributed by atoms with Gasteiger partial charge in [-0.1, -0.05) is 15.9 Å². The number of benzene rings is 1. The molecule has 1 aromatic carbocycles. The molecule has 0 spiro atoms. The number of phenolic OH excluding ortho intramolecular Hbond substituents is 1. The molecule has 3 rings (SSSR count). The summed E-state index contributed by atoms with van der Waals surface area (Å²) in [5.74, 6) is -0.206. The molecule has 0 saturated carbocycles. The van der Waals surface area contributed by atoms with Crippen LogP contribution in [0.4, 0.5) is 0 Å². The normalized spacial score (nSPS) is 16.4. The van der Waals surface area contributed by atoms with Crippen LogP contribution >= 0.6 is 31.9 Å². The zero-order chi connectivity index (χ0) is 19.2. The number of aromatic hydroxyl groups is 1. The molecule has 0 radical (unpaired) electrons. The Bertz CT molecular complexity index is 827. The van der Waals surface area contributed by atoms with Crippen LogP contribution in [0, 0.1) is 0 Å². The van der Waals surface area contributed by atoms with Crippen molar-refractivity contribution in [2.24, 2.45) is 5.10 Å². The molecule has 0 bridgehead atoms. The van der Waals surface area contributed by atoms with Crippen LogP contribution in [0.5, 0.6) is 5.75 Å². The van der Waals surface area contributed by atoms with Gasteiger partial charge in [-0.25, -0.2) is 5.43 Å². The second-order valence-electron chi connectivity index (χ2n) is 5.89. The number of aromatic nitrogens is 1. The molecule has 1 amide bonds. The Morgan fingerprint density at radius 2 is 2.00 bits per heavy atom. The van der Waals surface area contributed by atoms with E-state index in [-0.39, 0.29) is 11.7 Å². The van der Waals surface area contributed by atoms with Gasteiger partial charge in [0, 0.05) is 35.5 Å². The van der Waals surface area contributed by atoms with E-state index in [0.717, 1.165) is 10.0 Å². The van der Waals surface area contributed by atoms with Gasteiger partial charge in [0.05, 0.1) is 23.9 Å². The molecule has 1 fully saturated rings. The summed E-state index contributed by atoms with van der Waals surface area (Å²) in [7, 11) is 0. The number of carbonyl (C=O) groups excluding carboxylic acids is 1. The number of hydrogen-bond donors (Lipinski definition) is 2. The van der Waals surface area contributed by atoms with Gasteiger partial charge in [-0.2, -0.15) is 5.10 Å². The molecule has 27 heavy (non-hydrogen) atoms. The first-order valence-electron chi connectivity index (χ1n) is 8.29. The number of hydrogen-bond acceptors (Lipinski definition) is 6. The van der Waals surface area contributed by atoms with Crippen LogP contribution in [0.3, 0.4) is 0 Å². The van der Waals surface area contributed by atoms with E-state index in [4.69, 9.17) is 4.74 Å². The van der Waals surface area contributed by atoms with Crippen LogP contribution in [0.1, 0.15) is 17.2 Å². The highest BCUT2D eigenvalue weighted by atomic mass is 79.9. The minimum atomic E-state index is -0.489. The number of nitrogens with zero attached hydrogens (tertiary/aromatic N) is 3. The van der Waals surface area contributed by atoms with Gasteiger partial charge in [-0.15, -0.1) is 0 Å². The molecule has 2 N–H and O–H groups in total. The van der Waals surface area contributed by atoms with Gasteiger partial charge in [0.25, 0.3) is 5.91 Å². The number of rotatable bonds is 5. The molecule has 7 nitrogen and oxygen atoms in total. The summed E-state index contributed by atoms with van der Waals surface area (Å²) in [4.78, 5) is 18.9. The Morgan fingerprint density at radius 1 is 1.30 bits per heavy atom. The number of ether oxygens (including phenoxy) is 1. The molecule has 1 aliphatic rings. The fourth-order valence-electron chi connectivity index (χ4n) is 2.82. The standard InChI is InChI=1S/C18H18Br2N4O3/c19-14-9-13(17(25)15(20)10-14)11-22-23-18(26)16(12-1-3-21-4-2-12)24-5-7-27-8-6-24/h1-4,9-11,16,25H,5-8H2,(H,23,26)/b22-11-/t16-/m0/s1.